The number of carbonyl (C=O) groups is 1. The van der Waals surface area contributed by atoms with Gasteiger partial charge in [0.1, 0.15) is 5.52 Å². The number of aliphatic hydroxyl groups is 1. The molecule has 0 aliphatic rings. The van der Waals surface area contributed by atoms with E-state index < -0.39 is 28.6 Å². The average Bonchev–Trinajstić information content (AvgIpc) is 2.61. The quantitative estimate of drug-likeness (QED) is 0.440. The Labute approximate surface area is 166 Å². The molecule has 0 spiro atoms. The number of pyridine rings is 1. The van der Waals surface area contributed by atoms with Gasteiger partial charge in [0.15, 0.2) is 5.82 Å². The van der Waals surface area contributed by atoms with Gasteiger partial charge in [-0.25, -0.2) is 14.8 Å². The van der Waals surface area contributed by atoms with E-state index in [4.69, 9.17) is 25.9 Å². The standard InChI is InChI=1S/C15H13N5O2.C2H6O4S/c1-8-12(9-5-3-2-4-6-9)20-13-10(18-8)7-11(19-14(13)16)22-15(17)21;3-1-2-7(4,5)6/h2-7H,1H3,(H2,16,19)(H2,17,21);3H,1-2H2,(H,4,5,6). The molecular weight excluding hydrogens is 402 g/mol. The van der Waals surface area contributed by atoms with Gasteiger partial charge in [-0.2, -0.15) is 13.4 Å². The highest BCUT2D eigenvalue weighted by molar-refractivity contribution is 7.85. The Kier molecular flexibility index (Phi) is 6.98. The summed E-state index contributed by atoms with van der Waals surface area (Å²) in [6.07, 6.45) is -0.961. The summed E-state index contributed by atoms with van der Waals surface area (Å²) in [4.78, 5) is 23.8. The number of hydrogen-bond donors (Lipinski definition) is 4. The Morgan fingerprint density at radius 1 is 1.17 bits per heavy atom. The molecule has 0 bridgehead atoms. The summed E-state index contributed by atoms with van der Waals surface area (Å²) in [5.41, 5.74) is 14.2. The summed E-state index contributed by atoms with van der Waals surface area (Å²) in [6, 6.07) is 11.1. The first kappa shape index (κ1) is 21.9. The molecule has 0 fully saturated rings. The molecule has 1 aromatic carbocycles. The summed E-state index contributed by atoms with van der Waals surface area (Å²) in [5.74, 6) is -0.454. The second kappa shape index (κ2) is 9.23. The molecule has 0 atom stereocenters. The lowest BCUT2D eigenvalue weighted by atomic mass is 10.1. The molecule has 0 saturated carbocycles. The molecular formula is C17H19N5O6S. The van der Waals surface area contributed by atoms with Crippen LogP contribution in [0.15, 0.2) is 36.4 Å². The van der Waals surface area contributed by atoms with E-state index in [1.165, 1.54) is 6.07 Å². The summed E-state index contributed by atoms with van der Waals surface area (Å²) in [5, 5.41) is 7.86. The fraction of sp³-hybridized carbons (Fsp3) is 0.176. The summed E-state index contributed by atoms with van der Waals surface area (Å²) in [6.45, 7) is 1.32. The maximum absolute atomic E-state index is 10.8. The van der Waals surface area contributed by atoms with Gasteiger partial charge in [0.2, 0.25) is 5.88 Å². The smallest absolute Gasteiger partial charge is 0.395 e. The Hall–Kier alpha value is -3.35. The number of aromatic nitrogens is 3. The van der Waals surface area contributed by atoms with Crippen molar-refractivity contribution in [1.29, 1.82) is 0 Å². The van der Waals surface area contributed by atoms with Crippen LogP contribution in [0, 0.1) is 6.92 Å². The first-order chi connectivity index (χ1) is 13.6. The van der Waals surface area contributed by atoms with Crippen LogP contribution in [0.3, 0.4) is 0 Å². The number of aliphatic hydroxyl groups excluding tert-OH is 1. The lowest BCUT2D eigenvalue weighted by Crippen LogP contribution is -2.17. The maximum atomic E-state index is 10.8. The number of ether oxygens (including phenoxy) is 1. The van der Waals surface area contributed by atoms with E-state index in [-0.39, 0.29) is 11.7 Å². The third kappa shape index (κ3) is 6.34. The molecule has 3 rings (SSSR count). The number of hydrogen-bond acceptors (Lipinski definition) is 9. The third-order valence-corrected chi connectivity index (χ3v) is 4.13. The van der Waals surface area contributed by atoms with E-state index >= 15 is 0 Å². The van der Waals surface area contributed by atoms with Crippen LogP contribution in [0.1, 0.15) is 5.69 Å². The van der Waals surface area contributed by atoms with Crippen LogP contribution in [0.5, 0.6) is 5.88 Å². The number of primary amides is 1. The van der Waals surface area contributed by atoms with Gasteiger partial charge in [0.05, 0.1) is 29.3 Å². The molecule has 2 heterocycles. The highest BCUT2D eigenvalue weighted by atomic mass is 32.2. The second-order valence-corrected chi connectivity index (χ2v) is 7.24. The molecule has 0 saturated heterocycles. The molecule has 1 amide bonds. The molecule has 2 aromatic heterocycles. The number of amides is 1. The second-order valence-electron chi connectivity index (χ2n) is 5.67. The maximum Gasteiger partial charge on any atom is 0.411 e. The molecule has 0 radical (unpaired) electrons. The van der Waals surface area contributed by atoms with Crippen molar-refractivity contribution in [2.75, 3.05) is 18.1 Å². The van der Waals surface area contributed by atoms with E-state index in [0.717, 1.165) is 17.0 Å². The number of rotatable bonds is 4. The lowest BCUT2D eigenvalue weighted by molar-refractivity contribution is 0.209. The molecule has 29 heavy (non-hydrogen) atoms. The molecule has 3 aromatic rings. The Morgan fingerprint density at radius 3 is 2.34 bits per heavy atom. The van der Waals surface area contributed by atoms with Crippen LogP contribution in [0.2, 0.25) is 0 Å². The van der Waals surface area contributed by atoms with Gasteiger partial charge >= 0.3 is 6.09 Å². The van der Waals surface area contributed by atoms with Crippen LogP contribution in [-0.2, 0) is 10.1 Å². The minimum Gasteiger partial charge on any atom is -0.395 e. The number of nitrogens with two attached hydrogens (primary N) is 2. The molecule has 12 heteroatoms. The normalized spacial score (nSPS) is 10.9. The SMILES string of the molecule is Cc1nc2cc(OC(N)=O)nc(N)c2nc1-c1ccccc1.O=S(=O)(O)CCO. The van der Waals surface area contributed by atoms with Gasteiger partial charge in [0, 0.05) is 11.6 Å². The molecule has 0 unspecified atom stereocenters. The van der Waals surface area contributed by atoms with E-state index in [2.05, 4.69) is 15.0 Å². The van der Waals surface area contributed by atoms with E-state index in [0.29, 0.717) is 11.0 Å². The fourth-order valence-electron chi connectivity index (χ4n) is 2.29. The number of benzene rings is 1. The van der Waals surface area contributed by atoms with Crippen LogP contribution >= 0.6 is 0 Å². The van der Waals surface area contributed by atoms with Gasteiger partial charge in [-0.1, -0.05) is 30.3 Å². The zero-order valence-electron chi connectivity index (χ0n) is 15.3. The van der Waals surface area contributed by atoms with Crippen molar-refractivity contribution in [2.45, 2.75) is 6.92 Å². The van der Waals surface area contributed by atoms with Crippen molar-refractivity contribution in [1.82, 2.24) is 15.0 Å². The minimum atomic E-state index is -3.92. The van der Waals surface area contributed by atoms with Crippen molar-refractivity contribution in [3.63, 3.8) is 0 Å². The van der Waals surface area contributed by atoms with Crippen LogP contribution < -0.4 is 16.2 Å². The summed E-state index contributed by atoms with van der Waals surface area (Å²) >= 11 is 0. The Balaban J connectivity index is 0.000000370. The molecule has 0 aliphatic carbocycles. The average molecular weight is 421 g/mol. The highest BCUT2D eigenvalue weighted by Crippen LogP contribution is 2.26. The molecule has 6 N–H and O–H groups in total. The Bertz CT molecular complexity index is 1120. The first-order valence-corrected chi connectivity index (χ1v) is 9.75. The summed E-state index contributed by atoms with van der Waals surface area (Å²) in [7, 11) is -3.92. The van der Waals surface area contributed by atoms with Gasteiger partial charge in [-0.3, -0.25) is 4.55 Å². The van der Waals surface area contributed by atoms with Crippen LogP contribution in [0.25, 0.3) is 22.3 Å². The highest BCUT2D eigenvalue weighted by Gasteiger charge is 2.13. The lowest BCUT2D eigenvalue weighted by Gasteiger charge is -2.09. The molecule has 0 aliphatic heterocycles. The van der Waals surface area contributed by atoms with Gasteiger partial charge in [-0.05, 0) is 6.92 Å². The fourth-order valence-corrected chi connectivity index (χ4v) is 2.52. The number of aryl methyl sites for hydroxylation is 1. The molecule has 11 nitrogen and oxygen atoms in total. The zero-order chi connectivity index (χ0) is 21.6. The van der Waals surface area contributed by atoms with Gasteiger partial charge in [-0.15, -0.1) is 0 Å². The Morgan fingerprint density at radius 2 is 1.83 bits per heavy atom. The van der Waals surface area contributed by atoms with Gasteiger partial charge < -0.3 is 21.3 Å². The van der Waals surface area contributed by atoms with Crippen molar-refractivity contribution >= 4 is 33.1 Å². The number of nitrogens with zero attached hydrogens (tertiary/aromatic N) is 3. The predicted octanol–water partition coefficient (Wildman–Crippen LogP) is 0.906. The van der Waals surface area contributed by atoms with Crippen molar-refractivity contribution in [3.8, 4) is 17.1 Å². The summed E-state index contributed by atoms with van der Waals surface area (Å²) < 4.78 is 31.8. The monoisotopic (exact) mass is 421 g/mol. The topological polar surface area (TPSA) is 192 Å². The van der Waals surface area contributed by atoms with Crippen molar-refractivity contribution in [2.24, 2.45) is 5.73 Å². The van der Waals surface area contributed by atoms with Gasteiger partial charge in [0.25, 0.3) is 10.1 Å². The number of nitrogen functional groups attached to an aromatic ring is 1. The number of fused-ring (bicyclic) bond motifs is 1. The van der Waals surface area contributed by atoms with Crippen molar-refractivity contribution in [3.05, 3.63) is 42.1 Å². The van der Waals surface area contributed by atoms with E-state index in [1.54, 1.807) is 0 Å². The molecule has 154 valence electrons. The zero-order valence-corrected chi connectivity index (χ0v) is 16.1. The van der Waals surface area contributed by atoms with Crippen LogP contribution in [0.4, 0.5) is 10.6 Å². The number of carbonyl (C=O) groups excluding carboxylic acids is 1. The largest absolute Gasteiger partial charge is 0.411 e. The van der Waals surface area contributed by atoms with E-state index in [1.807, 2.05) is 37.3 Å². The number of anilines is 1. The van der Waals surface area contributed by atoms with Crippen molar-refractivity contribution < 1.29 is 27.6 Å². The third-order valence-electron chi connectivity index (χ3n) is 3.43. The van der Waals surface area contributed by atoms with E-state index in [9.17, 15) is 13.2 Å². The van der Waals surface area contributed by atoms with Crippen LogP contribution in [-0.4, -0.2) is 51.5 Å². The first-order valence-electron chi connectivity index (χ1n) is 8.14. The predicted molar refractivity (Wildman–Crippen MR) is 106 cm³/mol. The minimum absolute atomic E-state index is 0.00124.